The number of benzene rings is 3. The Kier molecular flexibility index (Phi) is 3.52. The molecule has 0 atom stereocenters. The number of amides is 1. The zero-order valence-electron chi connectivity index (χ0n) is 14.1. The highest BCUT2D eigenvalue weighted by Crippen LogP contribution is 2.40. The van der Waals surface area contributed by atoms with Crippen LogP contribution in [-0.2, 0) is 10.0 Å². The van der Waals surface area contributed by atoms with Gasteiger partial charge < -0.3 is 4.90 Å². The molecule has 0 bridgehead atoms. The number of carbonyl (C=O) groups is 1. The molecule has 0 aliphatic carbocycles. The van der Waals surface area contributed by atoms with Crippen molar-refractivity contribution in [2.75, 3.05) is 16.7 Å². The normalized spacial score (nSPS) is 13.5. The molecule has 0 radical (unpaired) electrons. The van der Waals surface area contributed by atoms with Crippen molar-refractivity contribution >= 4 is 38.1 Å². The van der Waals surface area contributed by atoms with E-state index in [2.05, 4.69) is 4.72 Å². The molecule has 0 spiro atoms. The highest BCUT2D eigenvalue weighted by Gasteiger charge is 2.28. The first-order valence-electron chi connectivity index (χ1n) is 7.92. The third-order valence-electron chi connectivity index (χ3n) is 4.59. The molecule has 4 rings (SSSR count). The zero-order chi connectivity index (χ0) is 18.6. The average Bonchev–Trinajstić information content (AvgIpc) is 2.83. The molecular weight excluding hydrogens is 355 g/mol. The first kappa shape index (κ1) is 16.5. The maximum Gasteiger partial charge on any atom is 0.262 e. The van der Waals surface area contributed by atoms with Crippen molar-refractivity contribution in [3.63, 3.8) is 0 Å². The van der Waals surface area contributed by atoms with Crippen molar-refractivity contribution in [3.8, 4) is 0 Å². The Morgan fingerprint density at radius 2 is 1.85 bits per heavy atom. The zero-order valence-corrected chi connectivity index (χ0v) is 14.9. The summed E-state index contributed by atoms with van der Waals surface area (Å²) >= 11 is 0. The standard InChI is InChI=1S/C19H15FN2O3S/c1-11-10-12(20)6-9-17(11)26(24,25)21-15-7-8-16-18-13(15)4-3-5-14(18)19(23)22(16)2/h3-10,21H,1-2H3. The van der Waals surface area contributed by atoms with E-state index in [-0.39, 0.29) is 10.8 Å². The molecule has 1 aliphatic rings. The largest absolute Gasteiger partial charge is 0.311 e. The highest BCUT2D eigenvalue weighted by molar-refractivity contribution is 7.92. The summed E-state index contributed by atoms with van der Waals surface area (Å²) in [5.41, 5.74) is 1.97. The predicted molar refractivity (Wildman–Crippen MR) is 98.6 cm³/mol. The van der Waals surface area contributed by atoms with E-state index < -0.39 is 15.8 Å². The third kappa shape index (κ3) is 2.35. The van der Waals surface area contributed by atoms with Crippen LogP contribution in [0.4, 0.5) is 15.8 Å². The molecule has 1 aliphatic heterocycles. The lowest BCUT2D eigenvalue weighted by Gasteiger charge is -2.14. The maximum atomic E-state index is 13.3. The van der Waals surface area contributed by atoms with Gasteiger partial charge in [0.15, 0.2) is 0 Å². The molecule has 0 saturated carbocycles. The Morgan fingerprint density at radius 1 is 1.08 bits per heavy atom. The van der Waals surface area contributed by atoms with Crippen molar-refractivity contribution in [3.05, 3.63) is 65.5 Å². The fourth-order valence-electron chi connectivity index (χ4n) is 3.34. The summed E-state index contributed by atoms with van der Waals surface area (Å²) in [5.74, 6) is -0.617. The minimum atomic E-state index is -3.90. The van der Waals surface area contributed by atoms with Crippen molar-refractivity contribution in [2.24, 2.45) is 0 Å². The van der Waals surface area contributed by atoms with Crippen LogP contribution in [0.25, 0.3) is 10.8 Å². The molecule has 1 heterocycles. The Balaban J connectivity index is 1.86. The minimum Gasteiger partial charge on any atom is -0.311 e. The third-order valence-corrected chi connectivity index (χ3v) is 6.11. The molecule has 0 aromatic heterocycles. The number of aryl methyl sites for hydroxylation is 1. The summed E-state index contributed by atoms with van der Waals surface area (Å²) in [6.45, 7) is 1.54. The van der Waals surface area contributed by atoms with Crippen LogP contribution in [0.1, 0.15) is 15.9 Å². The molecule has 1 N–H and O–H groups in total. The molecule has 3 aromatic carbocycles. The van der Waals surface area contributed by atoms with Gasteiger partial charge >= 0.3 is 0 Å². The number of nitrogens with zero attached hydrogens (tertiary/aromatic N) is 1. The Hall–Kier alpha value is -2.93. The van der Waals surface area contributed by atoms with Gasteiger partial charge in [0.25, 0.3) is 15.9 Å². The second-order valence-electron chi connectivity index (χ2n) is 6.24. The predicted octanol–water partition coefficient (Wildman–Crippen LogP) is 3.68. The molecule has 0 saturated heterocycles. The van der Waals surface area contributed by atoms with Crippen LogP contribution in [0.3, 0.4) is 0 Å². The van der Waals surface area contributed by atoms with Crippen molar-refractivity contribution in [1.82, 2.24) is 0 Å². The lowest BCUT2D eigenvalue weighted by atomic mass is 10.0. The summed E-state index contributed by atoms with van der Waals surface area (Å²) in [6.07, 6.45) is 0. The lowest BCUT2D eigenvalue weighted by molar-refractivity contribution is 0.0999. The summed E-state index contributed by atoms with van der Waals surface area (Å²) in [5, 5.41) is 1.36. The Labute approximate surface area is 150 Å². The van der Waals surface area contributed by atoms with E-state index in [1.165, 1.54) is 12.1 Å². The summed E-state index contributed by atoms with van der Waals surface area (Å²) in [4.78, 5) is 13.9. The van der Waals surface area contributed by atoms with Gasteiger partial charge in [-0.1, -0.05) is 12.1 Å². The number of hydrogen-bond acceptors (Lipinski definition) is 3. The van der Waals surface area contributed by atoms with E-state index in [9.17, 15) is 17.6 Å². The molecule has 132 valence electrons. The van der Waals surface area contributed by atoms with Gasteiger partial charge in [0.1, 0.15) is 5.82 Å². The van der Waals surface area contributed by atoms with Crippen LogP contribution < -0.4 is 9.62 Å². The molecule has 0 fully saturated rings. The molecule has 0 unspecified atom stereocenters. The van der Waals surface area contributed by atoms with Gasteiger partial charge in [-0.15, -0.1) is 0 Å². The summed E-state index contributed by atoms with van der Waals surface area (Å²) in [6, 6.07) is 12.1. The van der Waals surface area contributed by atoms with Gasteiger partial charge in [0, 0.05) is 23.4 Å². The van der Waals surface area contributed by atoms with Crippen LogP contribution >= 0.6 is 0 Å². The fourth-order valence-corrected chi connectivity index (χ4v) is 4.65. The molecule has 7 heteroatoms. The van der Waals surface area contributed by atoms with E-state index in [4.69, 9.17) is 0 Å². The smallest absolute Gasteiger partial charge is 0.262 e. The molecule has 1 amide bonds. The van der Waals surface area contributed by atoms with Crippen molar-refractivity contribution < 1.29 is 17.6 Å². The second kappa shape index (κ2) is 5.54. The van der Waals surface area contributed by atoms with Gasteiger partial charge in [-0.2, -0.15) is 0 Å². The monoisotopic (exact) mass is 370 g/mol. The maximum absolute atomic E-state index is 13.3. The van der Waals surface area contributed by atoms with Crippen LogP contribution in [0.15, 0.2) is 53.4 Å². The second-order valence-corrected chi connectivity index (χ2v) is 7.89. The van der Waals surface area contributed by atoms with Gasteiger partial charge in [0.2, 0.25) is 0 Å². The number of hydrogen-bond donors (Lipinski definition) is 1. The highest BCUT2D eigenvalue weighted by atomic mass is 32.2. The average molecular weight is 370 g/mol. The number of rotatable bonds is 3. The Morgan fingerprint density at radius 3 is 2.58 bits per heavy atom. The van der Waals surface area contributed by atoms with Gasteiger partial charge in [-0.05, 0) is 48.9 Å². The van der Waals surface area contributed by atoms with E-state index in [0.29, 0.717) is 22.2 Å². The summed E-state index contributed by atoms with van der Waals surface area (Å²) < 4.78 is 41.4. The van der Waals surface area contributed by atoms with Crippen LogP contribution in [0, 0.1) is 12.7 Å². The first-order valence-corrected chi connectivity index (χ1v) is 9.41. The SMILES string of the molecule is Cc1cc(F)ccc1S(=O)(=O)Nc1ccc2c3c(cccc13)C(=O)N2C. The van der Waals surface area contributed by atoms with E-state index >= 15 is 0 Å². The first-order chi connectivity index (χ1) is 12.3. The number of nitrogens with one attached hydrogen (secondary N) is 1. The minimum absolute atomic E-state index is 0.00958. The van der Waals surface area contributed by atoms with Crippen molar-refractivity contribution in [2.45, 2.75) is 11.8 Å². The van der Waals surface area contributed by atoms with E-state index in [0.717, 1.165) is 17.1 Å². The van der Waals surface area contributed by atoms with Gasteiger partial charge in [-0.3, -0.25) is 9.52 Å². The van der Waals surface area contributed by atoms with Crippen LogP contribution in [-0.4, -0.2) is 21.4 Å². The van der Waals surface area contributed by atoms with Gasteiger partial charge in [0.05, 0.1) is 16.3 Å². The van der Waals surface area contributed by atoms with Crippen molar-refractivity contribution in [1.29, 1.82) is 0 Å². The van der Waals surface area contributed by atoms with Crippen LogP contribution in [0.2, 0.25) is 0 Å². The number of carbonyl (C=O) groups excluding carboxylic acids is 1. The molecular formula is C19H15FN2O3S. The lowest BCUT2D eigenvalue weighted by Crippen LogP contribution is -2.20. The molecule has 5 nitrogen and oxygen atoms in total. The van der Waals surface area contributed by atoms with Gasteiger partial charge in [-0.25, -0.2) is 12.8 Å². The Bertz CT molecular complexity index is 1190. The fraction of sp³-hybridized carbons (Fsp3) is 0.105. The molecule has 26 heavy (non-hydrogen) atoms. The number of halogens is 1. The number of sulfonamides is 1. The molecule has 3 aromatic rings. The quantitative estimate of drug-likeness (QED) is 0.765. The van der Waals surface area contributed by atoms with Crippen LogP contribution in [0.5, 0.6) is 0 Å². The number of anilines is 2. The summed E-state index contributed by atoms with van der Waals surface area (Å²) in [7, 11) is -2.22. The van der Waals surface area contributed by atoms with E-state index in [1.54, 1.807) is 49.2 Å². The van der Waals surface area contributed by atoms with E-state index in [1.807, 2.05) is 0 Å². The topological polar surface area (TPSA) is 66.5 Å².